The molecule has 8 heteroatoms. The molecule has 2 saturated heterocycles. The molecule has 0 saturated carbocycles. The highest BCUT2D eigenvalue weighted by atomic mass is 32.2. The van der Waals surface area contributed by atoms with Crippen molar-refractivity contribution in [2.75, 3.05) is 16.4 Å². The van der Waals surface area contributed by atoms with Crippen LogP contribution in [0.25, 0.3) is 0 Å². The third kappa shape index (κ3) is 3.26. The zero-order valence-electron chi connectivity index (χ0n) is 12.5. The van der Waals surface area contributed by atoms with Gasteiger partial charge >= 0.3 is 0 Å². The van der Waals surface area contributed by atoms with E-state index in [9.17, 15) is 13.2 Å². The maximum absolute atomic E-state index is 11.9. The highest BCUT2D eigenvalue weighted by molar-refractivity contribution is 8.16. The Morgan fingerprint density at radius 1 is 1.39 bits per heavy atom. The van der Waals surface area contributed by atoms with Crippen molar-refractivity contribution in [1.82, 2.24) is 0 Å². The molecular formula is C15H15N3O3S2. The van der Waals surface area contributed by atoms with Gasteiger partial charge in [0.2, 0.25) is 0 Å². The van der Waals surface area contributed by atoms with Gasteiger partial charge in [-0.3, -0.25) is 4.79 Å². The largest absolute Gasteiger partial charge is 0.316 e. The number of benzene rings is 1. The molecule has 6 nitrogen and oxygen atoms in total. The monoisotopic (exact) mass is 349 g/mol. The number of fused-ring (bicyclic) bond motifs is 1. The Balaban J connectivity index is 1.99. The van der Waals surface area contributed by atoms with Gasteiger partial charge < -0.3 is 4.90 Å². The molecule has 2 atom stereocenters. The summed E-state index contributed by atoms with van der Waals surface area (Å²) in [7, 11) is -3.07. The van der Waals surface area contributed by atoms with E-state index < -0.39 is 15.7 Å². The topological polar surface area (TPSA) is 90.6 Å². The zero-order valence-corrected chi connectivity index (χ0v) is 14.1. The fourth-order valence-electron chi connectivity index (χ4n) is 2.79. The first-order valence-electron chi connectivity index (χ1n) is 7.11. The molecule has 0 aromatic heterocycles. The van der Waals surface area contributed by atoms with Gasteiger partial charge in [-0.2, -0.15) is 10.3 Å². The molecule has 2 heterocycles. The number of carbonyl (C=O) groups is 1. The van der Waals surface area contributed by atoms with E-state index in [1.807, 2.05) is 36.1 Å². The predicted molar refractivity (Wildman–Crippen MR) is 90.2 cm³/mol. The van der Waals surface area contributed by atoms with Crippen LogP contribution < -0.4 is 4.90 Å². The van der Waals surface area contributed by atoms with Crippen molar-refractivity contribution in [3.63, 3.8) is 0 Å². The van der Waals surface area contributed by atoms with Crippen LogP contribution in [0.4, 0.5) is 5.69 Å². The molecule has 0 aliphatic carbocycles. The van der Waals surface area contributed by atoms with Crippen LogP contribution >= 0.6 is 11.8 Å². The van der Waals surface area contributed by atoms with Gasteiger partial charge in [0.25, 0.3) is 5.91 Å². The average molecular weight is 349 g/mol. The summed E-state index contributed by atoms with van der Waals surface area (Å²) in [5.41, 5.74) is 1.91. The second kappa shape index (κ2) is 5.98. The van der Waals surface area contributed by atoms with Gasteiger partial charge in [-0.1, -0.05) is 29.5 Å². The molecule has 0 unspecified atom stereocenters. The lowest BCUT2D eigenvalue weighted by Crippen LogP contribution is -2.37. The van der Waals surface area contributed by atoms with Crippen LogP contribution in [0.1, 0.15) is 12.0 Å². The minimum Gasteiger partial charge on any atom is -0.316 e. The summed E-state index contributed by atoms with van der Waals surface area (Å²) in [4.78, 5) is 17.6. The van der Waals surface area contributed by atoms with Gasteiger partial charge in [-0.05, 0) is 19.1 Å². The van der Waals surface area contributed by atoms with Crippen LogP contribution in [-0.2, 0) is 14.6 Å². The van der Waals surface area contributed by atoms with E-state index >= 15 is 0 Å². The quantitative estimate of drug-likeness (QED) is 0.804. The molecule has 23 heavy (non-hydrogen) atoms. The van der Waals surface area contributed by atoms with E-state index in [2.05, 4.69) is 4.99 Å². The normalized spacial score (nSPS) is 27.0. The van der Waals surface area contributed by atoms with Crippen LogP contribution in [0.3, 0.4) is 0 Å². The number of sulfone groups is 1. The van der Waals surface area contributed by atoms with Crippen LogP contribution in [-0.4, -0.2) is 42.3 Å². The van der Waals surface area contributed by atoms with Crippen molar-refractivity contribution in [2.45, 2.75) is 24.6 Å². The first kappa shape index (κ1) is 16.0. The molecule has 2 aliphatic heterocycles. The molecular weight excluding hydrogens is 334 g/mol. The molecule has 0 N–H and O–H groups in total. The molecule has 2 fully saturated rings. The van der Waals surface area contributed by atoms with Gasteiger partial charge in [0.15, 0.2) is 15.0 Å². The number of carbonyl (C=O) groups excluding carboxylic acids is 1. The summed E-state index contributed by atoms with van der Waals surface area (Å²) in [5, 5.41) is 8.97. The third-order valence-electron chi connectivity index (χ3n) is 3.83. The lowest BCUT2D eigenvalue weighted by Gasteiger charge is -2.24. The fourth-order valence-corrected chi connectivity index (χ4v) is 6.72. The minimum absolute atomic E-state index is 0.0595. The molecule has 1 aromatic rings. The van der Waals surface area contributed by atoms with Gasteiger partial charge in [0.05, 0.1) is 23.6 Å². The van der Waals surface area contributed by atoms with E-state index in [0.29, 0.717) is 5.17 Å². The van der Waals surface area contributed by atoms with Crippen molar-refractivity contribution < 1.29 is 13.2 Å². The minimum atomic E-state index is -3.07. The molecule has 1 aromatic carbocycles. The number of amides is 1. The molecule has 2 aliphatic rings. The first-order valence-corrected chi connectivity index (χ1v) is 9.81. The van der Waals surface area contributed by atoms with E-state index in [1.54, 1.807) is 6.07 Å². The summed E-state index contributed by atoms with van der Waals surface area (Å²) >= 11 is 1.31. The summed E-state index contributed by atoms with van der Waals surface area (Å²) in [6, 6.07) is 9.23. The number of aliphatic imine (C=N–C) groups is 1. The number of hydrogen-bond donors (Lipinski definition) is 0. The highest BCUT2D eigenvalue weighted by Gasteiger charge is 2.49. The third-order valence-corrected chi connectivity index (χ3v) is 7.04. The smallest absolute Gasteiger partial charge is 0.262 e. The summed E-state index contributed by atoms with van der Waals surface area (Å²) in [6.45, 7) is 1.97. The second-order valence-corrected chi connectivity index (χ2v) is 8.99. The predicted octanol–water partition coefficient (Wildman–Crippen LogP) is 1.51. The Kier molecular flexibility index (Phi) is 4.17. The van der Waals surface area contributed by atoms with E-state index in [-0.39, 0.29) is 29.2 Å². The molecule has 0 spiro atoms. The summed E-state index contributed by atoms with van der Waals surface area (Å²) in [6.07, 6.45) is -0.278. The van der Waals surface area contributed by atoms with Crippen molar-refractivity contribution >= 4 is 38.4 Å². The Labute approximate surface area is 139 Å². The SMILES string of the molecule is Cc1ccc(N2C(=NC(=O)CC#N)S[C@H]3CS(=O)(=O)C[C@@H]32)cc1. The van der Waals surface area contributed by atoms with Gasteiger partial charge in [-0.25, -0.2) is 8.42 Å². The fraction of sp³-hybridized carbons (Fsp3) is 0.400. The summed E-state index contributed by atoms with van der Waals surface area (Å²) in [5.74, 6) is -0.352. The van der Waals surface area contributed by atoms with E-state index in [0.717, 1.165) is 11.3 Å². The van der Waals surface area contributed by atoms with Crippen molar-refractivity contribution in [1.29, 1.82) is 5.26 Å². The van der Waals surface area contributed by atoms with Crippen molar-refractivity contribution in [2.24, 2.45) is 4.99 Å². The van der Waals surface area contributed by atoms with Gasteiger partial charge in [0.1, 0.15) is 6.42 Å². The lowest BCUT2D eigenvalue weighted by atomic mass is 10.1. The van der Waals surface area contributed by atoms with Gasteiger partial charge in [-0.15, -0.1) is 0 Å². The number of thioether (sulfide) groups is 1. The molecule has 3 rings (SSSR count). The van der Waals surface area contributed by atoms with Crippen LogP contribution in [0.2, 0.25) is 0 Å². The van der Waals surface area contributed by atoms with Crippen molar-refractivity contribution in [3.8, 4) is 6.07 Å². The van der Waals surface area contributed by atoms with Crippen LogP contribution in [0.15, 0.2) is 29.3 Å². The molecule has 0 radical (unpaired) electrons. The zero-order chi connectivity index (χ0) is 16.6. The van der Waals surface area contributed by atoms with Crippen LogP contribution in [0, 0.1) is 18.3 Å². The maximum atomic E-state index is 11.9. The number of rotatable bonds is 2. The standard InChI is InChI=1S/C15H15N3O3S2/c1-10-2-4-11(5-3-10)18-12-8-23(20,21)9-13(12)22-15(18)17-14(19)6-7-16/h2-5,12-13H,6,8-9H2,1H3/t12-,13-/m0/s1. The second-order valence-electron chi connectivity index (χ2n) is 5.63. The van der Waals surface area contributed by atoms with Crippen molar-refractivity contribution in [3.05, 3.63) is 29.8 Å². The number of amidine groups is 1. The number of aryl methyl sites for hydroxylation is 1. The first-order chi connectivity index (χ1) is 10.9. The molecule has 120 valence electrons. The number of anilines is 1. The Morgan fingerprint density at radius 3 is 2.74 bits per heavy atom. The molecule has 0 bridgehead atoms. The number of hydrogen-bond acceptors (Lipinski definition) is 5. The highest BCUT2D eigenvalue weighted by Crippen LogP contribution is 2.40. The molecule has 1 amide bonds. The number of nitriles is 1. The Hall–Kier alpha value is -1.85. The maximum Gasteiger partial charge on any atom is 0.262 e. The lowest BCUT2D eigenvalue weighted by molar-refractivity contribution is -0.116. The summed E-state index contributed by atoms with van der Waals surface area (Å²) < 4.78 is 23.8. The Bertz CT molecular complexity index is 809. The Morgan fingerprint density at radius 2 is 2.09 bits per heavy atom. The number of nitrogens with zero attached hydrogens (tertiary/aromatic N) is 3. The van der Waals surface area contributed by atoms with Crippen LogP contribution in [0.5, 0.6) is 0 Å². The average Bonchev–Trinajstić information content (AvgIpc) is 2.91. The van der Waals surface area contributed by atoms with E-state index in [1.165, 1.54) is 11.8 Å². The van der Waals surface area contributed by atoms with E-state index in [4.69, 9.17) is 5.26 Å². The van der Waals surface area contributed by atoms with Gasteiger partial charge in [0, 0.05) is 10.9 Å².